The summed E-state index contributed by atoms with van der Waals surface area (Å²) in [6, 6.07) is 87.2. The van der Waals surface area contributed by atoms with Gasteiger partial charge in [0, 0.05) is 0 Å². The van der Waals surface area contributed by atoms with E-state index in [0.717, 1.165) is 27.6 Å². The fraction of sp³-hybridized carbons (Fsp3) is 0. The van der Waals surface area contributed by atoms with Gasteiger partial charge in [0.2, 0.25) is 0 Å². The van der Waals surface area contributed by atoms with E-state index in [0.29, 0.717) is 0 Å². The van der Waals surface area contributed by atoms with Crippen LogP contribution in [0.1, 0.15) is 0 Å². The van der Waals surface area contributed by atoms with E-state index in [4.69, 9.17) is 4.98 Å². The van der Waals surface area contributed by atoms with Gasteiger partial charge in [-0.3, -0.25) is 0 Å². The van der Waals surface area contributed by atoms with Gasteiger partial charge in [0.1, 0.15) is 0 Å². The third-order valence-electron chi connectivity index (χ3n) is 11.9. The molecule has 2 nitrogen and oxygen atoms in total. The van der Waals surface area contributed by atoms with Crippen molar-refractivity contribution in [2.24, 2.45) is 0 Å². The Balaban J connectivity index is 1.22. The van der Waals surface area contributed by atoms with Crippen LogP contribution in [0.4, 0.5) is 0 Å². The van der Waals surface area contributed by atoms with Crippen molar-refractivity contribution >= 4 is 135 Å². The van der Waals surface area contributed by atoms with E-state index in [1.165, 1.54) is 58.5 Å². The molecule has 2 heterocycles. The Morgan fingerprint density at radius 3 is 1.24 bits per heavy atom. The molecule has 62 heavy (non-hydrogen) atoms. The Morgan fingerprint density at radius 1 is 0.339 bits per heavy atom. The topological polar surface area (TPSA) is 17.3 Å². The number of rotatable bonds is 9. The van der Waals surface area contributed by atoms with Crippen LogP contribution in [0.15, 0.2) is 237 Å². The second-order valence-electron chi connectivity index (χ2n) is 15.4. The number of pyridine rings is 1. The van der Waals surface area contributed by atoms with Gasteiger partial charge >= 0.3 is 369 Å². The second-order valence-corrected chi connectivity index (χ2v) is 30.1. The molecule has 0 aliphatic carbocycles. The van der Waals surface area contributed by atoms with Gasteiger partial charge in [-0.15, -0.1) is 0 Å². The van der Waals surface area contributed by atoms with Gasteiger partial charge in [0.15, 0.2) is 0 Å². The quantitative estimate of drug-likeness (QED) is 0.0802. The van der Waals surface area contributed by atoms with Crippen molar-refractivity contribution in [3.63, 3.8) is 0 Å². The molecule has 0 spiro atoms. The van der Waals surface area contributed by atoms with E-state index < -0.39 is 18.9 Å². The molecule has 0 saturated carbocycles. The molecular weight excluding hydrogens is 939 g/mol. The van der Waals surface area contributed by atoms with E-state index in [2.05, 4.69) is 271 Å². The van der Waals surface area contributed by atoms with E-state index >= 15 is 0 Å². The summed E-state index contributed by atoms with van der Waals surface area (Å²) in [5.41, 5.74) is -0.0213. The maximum atomic E-state index is 5.63. The van der Waals surface area contributed by atoms with E-state index in [-0.39, 0.29) is 0 Å². The molecule has 0 aliphatic heterocycles. The van der Waals surface area contributed by atoms with E-state index in [1.807, 2.05) is 0 Å². The molecule has 0 unspecified atom stereocenters. The number of hydrogen-bond acceptors (Lipinski definition) is 1. The first-order valence-corrected chi connectivity index (χ1v) is 30.0. The van der Waals surface area contributed by atoms with Crippen LogP contribution in [-0.4, -0.2) is 39.6 Å². The fourth-order valence-corrected chi connectivity index (χ4v) is 21.1. The van der Waals surface area contributed by atoms with E-state index in [9.17, 15) is 0 Å². The van der Waals surface area contributed by atoms with Crippen molar-refractivity contribution in [2.75, 3.05) is 0 Å². The summed E-state index contributed by atoms with van der Waals surface area (Å²) in [5, 5.41) is 15.3. The van der Waals surface area contributed by atoms with Gasteiger partial charge in [-0.25, -0.2) is 0 Å². The van der Waals surface area contributed by atoms with Gasteiger partial charge in [0.05, 0.1) is 0 Å². The van der Waals surface area contributed by atoms with Crippen LogP contribution in [0.5, 0.6) is 0 Å². The number of benzene rings is 9. The van der Waals surface area contributed by atoms with Crippen molar-refractivity contribution in [2.45, 2.75) is 0 Å². The Bertz CT molecular complexity index is 3380. The first-order valence-electron chi connectivity index (χ1n) is 20.7. The van der Waals surface area contributed by atoms with Gasteiger partial charge in [-0.05, 0) is 0 Å². The molecule has 9 aromatic carbocycles. The number of aromatic nitrogens is 2. The second kappa shape index (κ2) is 16.5. The minimum atomic E-state index is -2.14. The summed E-state index contributed by atoms with van der Waals surface area (Å²) in [6.45, 7) is 0. The van der Waals surface area contributed by atoms with Crippen LogP contribution in [0.3, 0.4) is 0 Å². The van der Waals surface area contributed by atoms with Crippen molar-refractivity contribution < 1.29 is 0 Å². The molecule has 0 fully saturated rings. The molecule has 11 aromatic rings. The average Bonchev–Trinajstić information content (AvgIpc) is 3.75. The molecule has 0 atom stereocenters. The molecular formula is C55H39N2P3Se2. The Morgan fingerprint density at radius 2 is 0.758 bits per heavy atom. The number of hydrogen-bond donors (Lipinski definition) is 0. The molecule has 296 valence electrons. The Labute approximate surface area is 378 Å². The summed E-state index contributed by atoms with van der Waals surface area (Å²) in [4.78, 5) is 5.63. The maximum absolute atomic E-state index is 5.63. The Hall–Kier alpha value is -5.22. The van der Waals surface area contributed by atoms with Crippen LogP contribution in [0.25, 0.3) is 38.4 Å². The van der Waals surface area contributed by atoms with Crippen molar-refractivity contribution in [3.8, 4) is 0 Å². The molecule has 0 aliphatic rings. The standard InChI is InChI=1S/C55H39N2P3Se2/c61-59(43-23-11-3-12-24-43,44-25-13-4-14-26-44)47-32-35-50-51(38-47)49-34-31-42(58(40-19-7-1-8-20-40)41-21-9-2-10-22-41)37-54(49)57-53-36-33-48(39-52(53)56-55(50)57)60(62,45-27-15-5-16-28-45)46-29-17-6-18-30-46/h1-39H. The number of fused-ring (bicyclic) bond motifs is 8. The zero-order valence-electron chi connectivity index (χ0n) is 33.6. The van der Waals surface area contributed by atoms with Gasteiger partial charge < -0.3 is 0 Å². The number of nitrogens with zero attached hydrogens (tertiary/aromatic N) is 2. The van der Waals surface area contributed by atoms with Gasteiger partial charge in [-0.1, -0.05) is 12.1 Å². The van der Waals surface area contributed by atoms with Crippen molar-refractivity contribution in [1.29, 1.82) is 0 Å². The summed E-state index contributed by atoms with van der Waals surface area (Å²) in [5.74, 6) is 0. The molecule has 0 N–H and O–H groups in total. The predicted octanol–water partition coefficient (Wildman–Crippen LogP) is 9.31. The fourth-order valence-electron chi connectivity index (χ4n) is 8.95. The normalized spacial score (nSPS) is 12.1. The van der Waals surface area contributed by atoms with Crippen molar-refractivity contribution in [1.82, 2.24) is 9.38 Å². The zero-order valence-corrected chi connectivity index (χ0v) is 39.7. The molecule has 11 rings (SSSR count). The number of imidazole rings is 1. The molecule has 2 aromatic heterocycles. The molecule has 0 saturated heterocycles. The molecule has 7 heteroatoms. The molecule has 0 bridgehead atoms. The first-order chi connectivity index (χ1) is 30.5. The minimum absolute atomic E-state index is 0.837. The average molecular weight is 979 g/mol. The van der Waals surface area contributed by atoms with Crippen LogP contribution in [0, 0.1) is 0 Å². The van der Waals surface area contributed by atoms with Gasteiger partial charge in [-0.2, -0.15) is 0 Å². The van der Waals surface area contributed by atoms with Gasteiger partial charge in [0.25, 0.3) is 0 Å². The first kappa shape index (κ1) is 39.6. The van der Waals surface area contributed by atoms with E-state index in [1.54, 1.807) is 0 Å². The summed E-state index contributed by atoms with van der Waals surface area (Å²) in [6.07, 6.45) is 0. The van der Waals surface area contributed by atoms with Crippen LogP contribution in [-0.2, 0) is 0 Å². The predicted molar refractivity (Wildman–Crippen MR) is 275 cm³/mol. The third-order valence-corrected chi connectivity index (χ3v) is 28.4. The van der Waals surface area contributed by atoms with Crippen LogP contribution in [0.2, 0.25) is 0 Å². The molecule has 0 amide bonds. The third kappa shape index (κ3) is 6.70. The summed E-state index contributed by atoms with van der Waals surface area (Å²) >= 11 is 7.59. The summed E-state index contributed by atoms with van der Waals surface area (Å²) in [7, 11) is -0.837. The Kier molecular flexibility index (Phi) is 10.5. The monoisotopic (exact) mass is 980 g/mol. The van der Waals surface area contributed by atoms with Crippen molar-refractivity contribution in [3.05, 3.63) is 237 Å². The molecule has 0 radical (unpaired) electrons. The van der Waals surface area contributed by atoms with Crippen LogP contribution < -0.4 is 47.7 Å². The SMILES string of the molecule is [Se]=P(c1ccccc1)(c1ccccc1)c1ccc2c(c1)nc1c3ccc(P(=[Se])(c4ccccc4)c4ccccc4)cc3c3ccc(P(c4ccccc4)c4ccccc4)cc3n21. The van der Waals surface area contributed by atoms with Crippen LogP contribution >= 0.6 is 18.9 Å². The summed E-state index contributed by atoms with van der Waals surface area (Å²) < 4.78 is 2.43. The zero-order chi connectivity index (χ0) is 41.7.